The maximum atomic E-state index is 13.0. The van der Waals surface area contributed by atoms with Gasteiger partial charge in [0.05, 0.1) is 23.5 Å². The Balaban J connectivity index is 0.00000150. The number of nitrogens with two attached hydrogens (primary N) is 1. The molecule has 6 nitrogen and oxygen atoms in total. The van der Waals surface area contributed by atoms with Gasteiger partial charge in [-0.15, -0.1) is 24.8 Å². The number of nitrogens with zero attached hydrogens (tertiary/aromatic N) is 3. The van der Waals surface area contributed by atoms with Crippen LogP contribution in [-0.2, 0) is 6.42 Å². The average Bonchev–Trinajstić information content (AvgIpc) is 3.03. The molecule has 3 aromatic rings. The summed E-state index contributed by atoms with van der Waals surface area (Å²) in [7, 11) is 0. The Bertz CT molecular complexity index is 1030. The third kappa shape index (κ3) is 4.33. The van der Waals surface area contributed by atoms with E-state index in [2.05, 4.69) is 29.2 Å². The molecule has 1 amide bonds. The zero-order valence-corrected chi connectivity index (χ0v) is 18.4. The number of hydrogen-bond acceptors (Lipinski definition) is 4. The lowest BCUT2D eigenvalue weighted by molar-refractivity contribution is 0.0932. The van der Waals surface area contributed by atoms with E-state index in [9.17, 15) is 4.79 Å². The highest BCUT2D eigenvalue weighted by Crippen LogP contribution is 2.31. The lowest BCUT2D eigenvalue weighted by Gasteiger charge is -2.27. The van der Waals surface area contributed by atoms with Crippen LogP contribution in [0.2, 0.25) is 0 Å². The van der Waals surface area contributed by atoms with Crippen molar-refractivity contribution in [3.05, 3.63) is 52.8 Å². The molecule has 0 saturated carbocycles. The van der Waals surface area contributed by atoms with Crippen LogP contribution in [-0.4, -0.2) is 20.7 Å². The van der Waals surface area contributed by atoms with Gasteiger partial charge >= 0.3 is 0 Å². The number of aromatic nitrogens is 3. The molecule has 8 heteroatoms. The first-order valence-corrected chi connectivity index (χ1v) is 9.48. The number of halogens is 2. The number of carbonyl (C=O) groups is 1. The number of rotatable bonds is 3. The highest BCUT2D eigenvalue weighted by atomic mass is 35.5. The van der Waals surface area contributed by atoms with Gasteiger partial charge in [0, 0.05) is 17.1 Å². The van der Waals surface area contributed by atoms with Crippen LogP contribution < -0.4 is 11.1 Å². The molecule has 4 rings (SSSR count). The molecule has 1 atom stereocenters. The Labute approximate surface area is 183 Å². The van der Waals surface area contributed by atoms with Crippen molar-refractivity contribution < 1.29 is 4.79 Å². The van der Waals surface area contributed by atoms with Crippen molar-refractivity contribution in [2.75, 3.05) is 5.73 Å². The number of anilines is 1. The molecule has 3 N–H and O–H groups in total. The Morgan fingerprint density at radius 1 is 1.28 bits per heavy atom. The van der Waals surface area contributed by atoms with Crippen molar-refractivity contribution in [3.63, 3.8) is 0 Å². The van der Waals surface area contributed by atoms with Gasteiger partial charge in [0.2, 0.25) is 0 Å². The summed E-state index contributed by atoms with van der Waals surface area (Å²) in [4.78, 5) is 17.6. The fourth-order valence-corrected chi connectivity index (χ4v) is 3.89. The Kier molecular flexibility index (Phi) is 7.14. The monoisotopic (exact) mass is 435 g/mol. The Morgan fingerprint density at radius 3 is 2.76 bits per heavy atom. The molecule has 0 aliphatic heterocycles. The summed E-state index contributed by atoms with van der Waals surface area (Å²) >= 11 is 0. The molecule has 2 aromatic heterocycles. The number of nitrogens with one attached hydrogen (secondary N) is 1. The fourth-order valence-electron chi connectivity index (χ4n) is 3.89. The molecule has 0 radical (unpaired) electrons. The molecule has 0 fully saturated rings. The second-order valence-corrected chi connectivity index (χ2v) is 7.59. The molecule has 0 bridgehead atoms. The Morgan fingerprint density at radius 2 is 2.03 bits per heavy atom. The number of nitrogen functional groups attached to an aromatic ring is 1. The summed E-state index contributed by atoms with van der Waals surface area (Å²) in [6.07, 6.45) is 4.76. The third-order valence-electron chi connectivity index (χ3n) is 5.28. The SMILES string of the molecule is Cc1nc2c(cnn2C(C)C)cc1C(=O)NC1CCCc2cc(N)ccc21.Cl.Cl. The summed E-state index contributed by atoms with van der Waals surface area (Å²) in [5, 5.41) is 8.49. The van der Waals surface area contributed by atoms with Crippen LogP contribution in [0, 0.1) is 6.92 Å². The van der Waals surface area contributed by atoms with Crippen molar-refractivity contribution in [3.8, 4) is 0 Å². The van der Waals surface area contributed by atoms with Gasteiger partial charge in [-0.1, -0.05) is 6.07 Å². The maximum absolute atomic E-state index is 13.0. The van der Waals surface area contributed by atoms with Crippen LogP contribution in [0.15, 0.2) is 30.5 Å². The molecule has 2 heterocycles. The molecule has 1 aromatic carbocycles. The van der Waals surface area contributed by atoms with Gasteiger partial charge in [-0.2, -0.15) is 5.10 Å². The van der Waals surface area contributed by atoms with Crippen LogP contribution in [0.1, 0.15) is 66.0 Å². The quantitative estimate of drug-likeness (QED) is 0.590. The van der Waals surface area contributed by atoms with Gasteiger partial charge < -0.3 is 11.1 Å². The van der Waals surface area contributed by atoms with E-state index in [0.717, 1.165) is 41.7 Å². The first-order valence-electron chi connectivity index (χ1n) is 9.48. The van der Waals surface area contributed by atoms with E-state index in [0.29, 0.717) is 5.56 Å². The van der Waals surface area contributed by atoms with Gasteiger partial charge in [-0.3, -0.25) is 4.79 Å². The Hall–Kier alpha value is -2.31. The zero-order chi connectivity index (χ0) is 19.1. The normalized spacial score (nSPS) is 15.4. The molecule has 0 spiro atoms. The molecule has 0 saturated heterocycles. The van der Waals surface area contributed by atoms with Crippen molar-refractivity contribution in [1.29, 1.82) is 0 Å². The topological polar surface area (TPSA) is 85.8 Å². The lowest BCUT2D eigenvalue weighted by Crippen LogP contribution is -2.31. The van der Waals surface area contributed by atoms with E-state index in [1.54, 1.807) is 6.20 Å². The molecule has 1 aliphatic rings. The second-order valence-electron chi connectivity index (χ2n) is 7.59. The molecule has 1 aliphatic carbocycles. The molecule has 156 valence electrons. The van der Waals surface area contributed by atoms with E-state index in [1.807, 2.05) is 35.9 Å². The van der Waals surface area contributed by atoms with Gasteiger partial charge in [-0.05, 0) is 69.4 Å². The lowest BCUT2D eigenvalue weighted by atomic mass is 9.87. The number of hydrogen-bond donors (Lipinski definition) is 2. The van der Waals surface area contributed by atoms with Crippen LogP contribution in [0.4, 0.5) is 5.69 Å². The summed E-state index contributed by atoms with van der Waals surface area (Å²) in [5.41, 5.74) is 11.2. The van der Waals surface area contributed by atoms with E-state index in [1.165, 1.54) is 11.1 Å². The van der Waals surface area contributed by atoms with E-state index >= 15 is 0 Å². The van der Waals surface area contributed by atoms with Crippen LogP contribution in [0.3, 0.4) is 0 Å². The van der Waals surface area contributed by atoms with Gasteiger partial charge in [0.25, 0.3) is 5.91 Å². The average molecular weight is 436 g/mol. The number of benzene rings is 1. The second kappa shape index (κ2) is 9.01. The van der Waals surface area contributed by atoms with Crippen molar-refractivity contribution in [2.24, 2.45) is 0 Å². The summed E-state index contributed by atoms with van der Waals surface area (Å²) in [6.45, 7) is 6.01. The predicted octanol–water partition coefficient (Wildman–Crippen LogP) is 4.55. The standard InChI is InChI=1S/C21H25N5O.2ClH/c1-12(2)26-20-15(11-23-26)10-18(13(3)24-20)21(27)25-19-6-4-5-14-9-16(22)7-8-17(14)19;;/h7-12,19H,4-6,22H2,1-3H3,(H,25,27);2*1H. The minimum atomic E-state index is -0.0890. The highest BCUT2D eigenvalue weighted by Gasteiger charge is 2.24. The minimum Gasteiger partial charge on any atom is -0.399 e. The first-order chi connectivity index (χ1) is 12.9. The predicted molar refractivity (Wildman–Crippen MR) is 121 cm³/mol. The molecule has 1 unspecified atom stereocenters. The smallest absolute Gasteiger partial charge is 0.253 e. The number of pyridine rings is 1. The molecular formula is C21H27Cl2N5O. The van der Waals surface area contributed by atoms with Gasteiger partial charge in [0.1, 0.15) is 0 Å². The minimum absolute atomic E-state index is 0. The van der Waals surface area contributed by atoms with E-state index < -0.39 is 0 Å². The highest BCUT2D eigenvalue weighted by molar-refractivity contribution is 5.98. The fraction of sp³-hybridized carbons (Fsp3) is 0.381. The van der Waals surface area contributed by atoms with Crippen LogP contribution in [0.25, 0.3) is 11.0 Å². The largest absolute Gasteiger partial charge is 0.399 e. The molecular weight excluding hydrogens is 409 g/mol. The maximum Gasteiger partial charge on any atom is 0.253 e. The van der Waals surface area contributed by atoms with E-state index in [-0.39, 0.29) is 42.8 Å². The number of amides is 1. The number of carbonyl (C=O) groups excluding carboxylic acids is 1. The number of aryl methyl sites for hydroxylation is 2. The summed E-state index contributed by atoms with van der Waals surface area (Å²) < 4.78 is 1.88. The van der Waals surface area contributed by atoms with Gasteiger partial charge in [0.15, 0.2) is 5.65 Å². The third-order valence-corrected chi connectivity index (χ3v) is 5.28. The summed E-state index contributed by atoms with van der Waals surface area (Å²) in [6, 6.07) is 8.09. The van der Waals surface area contributed by atoms with Crippen LogP contribution in [0.5, 0.6) is 0 Å². The van der Waals surface area contributed by atoms with Crippen molar-refractivity contribution in [2.45, 2.75) is 52.1 Å². The van der Waals surface area contributed by atoms with Crippen LogP contribution >= 0.6 is 24.8 Å². The van der Waals surface area contributed by atoms with E-state index in [4.69, 9.17) is 5.73 Å². The van der Waals surface area contributed by atoms with Crippen molar-refractivity contribution in [1.82, 2.24) is 20.1 Å². The molecule has 29 heavy (non-hydrogen) atoms. The first kappa shape index (κ1) is 23.0. The van der Waals surface area contributed by atoms with Gasteiger partial charge in [-0.25, -0.2) is 9.67 Å². The van der Waals surface area contributed by atoms with Crippen molar-refractivity contribution >= 4 is 47.4 Å². The summed E-state index contributed by atoms with van der Waals surface area (Å²) in [5.74, 6) is -0.0890. The zero-order valence-electron chi connectivity index (χ0n) is 16.8. The number of fused-ring (bicyclic) bond motifs is 2.